The second-order valence-electron chi connectivity index (χ2n) is 24.0. The van der Waals surface area contributed by atoms with Crippen LogP contribution in [0.4, 0.5) is 0 Å². The Kier molecular flexibility index (Phi) is 66.2. The SMILES string of the molecule is CCCCCCC/C=C\C/C=C\C/C=C\CCCCCCCCCCCCCCCCCCCCC(=O)NC(CO)C(O)/C=C/CCCCCCCCCCCCCCCCCCCCCCCCCCCCCCC. The van der Waals surface area contributed by atoms with Crippen LogP contribution in [-0.4, -0.2) is 34.9 Å². The Balaban J connectivity index is 3.43. The summed E-state index contributed by atoms with van der Waals surface area (Å²) < 4.78 is 0. The molecule has 0 aromatic carbocycles. The number of hydrogen-bond acceptors (Lipinski definition) is 3. The van der Waals surface area contributed by atoms with E-state index in [1.165, 1.54) is 327 Å². The van der Waals surface area contributed by atoms with E-state index >= 15 is 0 Å². The molecule has 0 fully saturated rings. The fraction of sp³-hybridized carbons (Fsp3) is 0.875. The molecule has 0 saturated heterocycles. The first kappa shape index (κ1) is 74.3. The molecule has 0 heterocycles. The number of nitrogens with one attached hydrogen (secondary N) is 1. The Labute approximate surface area is 477 Å². The molecule has 0 spiro atoms. The Morgan fingerprint density at radius 1 is 0.316 bits per heavy atom. The van der Waals surface area contributed by atoms with Gasteiger partial charge in [-0.15, -0.1) is 0 Å². The molecule has 2 atom stereocenters. The molecular weight excluding hydrogens is 927 g/mol. The van der Waals surface area contributed by atoms with E-state index in [4.69, 9.17) is 0 Å². The van der Waals surface area contributed by atoms with Crippen LogP contribution in [0, 0.1) is 0 Å². The first-order chi connectivity index (χ1) is 37.7. The van der Waals surface area contributed by atoms with Crippen molar-refractivity contribution in [2.24, 2.45) is 0 Å². The van der Waals surface area contributed by atoms with E-state index in [1.807, 2.05) is 6.08 Å². The van der Waals surface area contributed by atoms with E-state index in [1.54, 1.807) is 6.08 Å². The zero-order valence-electron chi connectivity index (χ0n) is 51.8. The lowest BCUT2D eigenvalue weighted by Crippen LogP contribution is -2.45. The minimum Gasteiger partial charge on any atom is -0.394 e. The van der Waals surface area contributed by atoms with Crippen LogP contribution in [-0.2, 0) is 4.79 Å². The molecule has 0 saturated carbocycles. The number of carbonyl (C=O) groups excluding carboxylic acids is 1. The fourth-order valence-corrected chi connectivity index (χ4v) is 11.0. The molecule has 2 unspecified atom stereocenters. The lowest BCUT2D eigenvalue weighted by molar-refractivity contribution is -0.123. The molecule has 4 heteroatoms. The maximum Gasteiger partial charge on any atom is 0.220 e. The average Bonchev–Trinajstić information content (AvgIpc) is 3.42. The van der Waals surface area contributed by atoms with Crippen LogP contribution in [0.3, 0.4) is 0 Å². The molecule has 448 valence electrons. The van der Waals surface area contributed by atoms with Crippen molar-refractivity contribution in [2.45, 2.75) is 398 Å². The van der Waals surface area contributed by atoms with Crippen LogP contribution in [0.5, 0.6) is 0 Å². The lowest BCUT2D eigenvalue weighted by Gasteiger charge is -2.20. The maximum atomic E-state index is 12.5. The highest BCUT2D eigenvalue weighted by Crippen LogP contribution is 2.19. The standard InChI is InChI=1S/C72H137NO3/c1-3-5-7-9-11-13-15-17-19-21-23-25-27-29-31-33-35-36-38-40-42-44-46-48-50-52-54-56-58-60-62-64-66-68-72(76)73-70(69-74)71(75)67-65-63-61-59-57-55-53-51-49-47-45-43-41-39-37-34-32-30-28-26-24-22-20-18-16-14-12-10-8-6-4-2/h15,17,21,23,27,29,65,67,70-71,74-75H,3-14,16,18-20,22,24-26,28,30-64,66,68-69H2,1-2H3,(H,73,76)/b17-15-,23-21-,29-27-,67-65+. The number of rotatable bonds is 65. The van der Waals surface area contributed by atoms with E-state index in [-0.39, 0.29) is 12.5 Å². The van der Waals surface area contributed by atoms with Crippen LogP contribution in [0.2, 0.25) is 0 Å². The molecule has 1 amide bonds. The van der Waals surface area contributed by atoms with Gasteiger partial charge in [-0.2, -0.15) is 0 Å². The Morgan fingerprint density at radius 3 is 0.803 bits per heavy atom. The van der Waals surface area contributed by atoms with Crippen molar-refractivity contribution < 1.29 is 15.0 Å². The topological polar surface area (TPSA) is 69.6 Å². The first-order valence-electron chi connectivity index (χ1n) is 34.9. The van der Waals surface area contributed by atoms with Crippen molar-refractivity contribution in [1.29, 1.82) is 0 Å². The largest absolute Gasteiger partial charge is 0.394 e. The van der Waals surface area contributed by atoms with Crippen LogP contribution < -0.4 is 5.32 Å². The van der Waals surface area contributed by atoms with E-state index in [9.17, 15) is 15.0 Å². The van der Waals surface area contributed by atoms with Gasteiger partial charge in [0.1, 0.15) is 0 Å². The molecule has 0 radical (unpaired) electrons. The van der Waals surface area contributed by atoms with Crippen molar-refractivity contribution in [2.75, 3.05) is 6.61 Å². The van der Waals surface area contributed by atoms with Crippen molar-refractivity contribution >= 4 is 5.91 Å². The summed E-state index contributed by atoms with van der Waals surface area (Å²) in [5.74, 6) is -0.0574. The summed E-state index contributed by atoms with van der Waals surface area (Å²) in [6.45, 7) is 4.34. The molecule has 0 aromatic rings. The number of unbranched alkanes of at least 4 members (excludes halogenated alkanes) is 52. The second kappa shape index (κ2) is 67.6. The van der Waals surface area contributed by atoms with Gasteiger partial charge in [-0.1, -0.05) is 371 Å². The van der Waals surface area contributed by atoms with Gasteiger partial charge in [-0.25, -0.2) is 0 Å². The average molecular weight is 1060 g/mol. The van der Waals surface area contributed by atoms with Crippen LogP contribution in [0.25, 0.3) is 0 Å². The van der Waals surface area contributed by atoms with Gasteiger partial charge in [0.15, 0.2) is 0 Å². The number of aliphatic hydroxyl groups excluding tert-OH is 2. The molecule has 3 N–H and O–H groups in total. The summed E-state index contributed by atoms with van der Waals surface area (Å²) in [6.07, 6.45) is 94.8. The summed E-state index contributed by atoms with van der Waals surface area (Å²) in [4.78, 5) is 12.5. The van der Waals surface area contributed by atoms with Gasteiger partial charge in [0, 0.05) is 6.42 Å². The van der Waals surface area contributed by atoms with Crippen molar-refractivity contribution in [3.63, 3.8) is 0 Å². The van der Waals surface area contributed by atoms with Crippen LogP contribution >= 0.6 is 0 Å². The zero-order chi connectivity index (χ0) is 54.8. The molecule has 76 heavy (non-hydrogen) atoms. The Hall–Kier alpha value is -1.65. The molecule has 0 aromatic heterocycles. The minimum atomic E-state index is -0.841. The number of allylic oxidation sites excluding steroid dienone is 7. The predicted molar refractivity (Wildman–Crippen MR) is 341 cm³/mol. The predicted octanol–water partition coefficient (Wildman–Crippen LogP) is 23.7. The molecule has 0 bridgehead atoms. The summed E-state index contributed by atoms with van der Waals surface area (Å²) in [6, 6.07) is -0.624. The normalized spacial score (nSPS) is 12.9. The number of hydrogen-bond donors (Lipinski definition) is 3. The van der Waals surface area contributed by atoms with Gasteiger partial charge in [-0.05, 0) is 57.8 Å². The molecule has 4 nitrogen and oxygen atoms in total. The third-order valence-corrected chi connectivity index (χ3v) is 16.3. The number of aliphatic hydroxyl groups is 2. The van der Waals surface area contributed by atoms with E-state index in [0.717, 1.165) is 38.5 Å². The lowest BCUT2D eigenvalue weighted by atomic mass is 10.0. The van der Waals surface area contributed by atoms with Crippen molar-refractivity contribution in [3.05, 3.63) is 48.6 Å². The van der Waals surface area contributed by atoms with Gasteiger partial charge >= 0.3 is 0 Å². The second-order valence-corrected chi connectivity index (χ2v) is 24.0. The third-order valence-electron chi connectivity index (χ3n) is 16.3. The van der Waals surface area contributed by atoms with Crippen molar-refractivity contribution in [3.8, 4) is 0 Å². The monoisotopic (exact) mass is 1060 g/mol. The smallest absolute Gasteiger partial charge is 0.220 e. The Bertz CT molecular complexity index is 1210. The zero-order valence-corrected chi connectivity index (χ0v) is 51.8. The van der Waals surface area contributed by atoms with Gasteiger partial charge in [0.05, 0.1) is 18.8 Å². The molecular formula is C72H137NO3. The molecule has 0 aliphatic carbocycles. The van der Waals surface area contributed by atoms with E-state index in [0.29, 0.717) is 6.42 Å². The van der Waals surface area contributed by atoms with Gasteiger partial charge in [0.2, 0.25) is 5.91 Å². The molecule has 0 aliphatic rings. The summed E-state index contributed by atoms with van der Waals surface area (Å²) in [7, 11) is 0. The fourth-order valence-electron chi connectivity index (χ4n) is 11.0. The highest BCUT2D eigenvalue weighted by molar-refractivity contribution is 5.76. The van der Waals surface area contributed by atoms with E-state index < -0.39 is 12.1 Å². The highest BCUT2D eigenvalue weighted by atomic mass is 16.3. The van der Waals surface area contributed by atoms with Gasteiger partial charge < -0.3 is 15.5 Å². The molecule has 0 rings (SSSR count). The van der Waals surface area contributed by atoms with Gasteiger partial charge in [0.25, 0.3) is 0 Å². The van der Waals surface area contributed by atoms with Gasteiger partial charge in [-0.3, -0.25) is 4.79 Å². The number of amides is 1. The number of carbonyl (C=O) groups is 1. The third kappa shape index (κ3) is 63.2. The van der Waals surface area contributed by atoms with Crippen LogP contribution in [0.15, 0.2) is 48.6 Å². The molecule has 0 aliphatic heterocycles. The maximum absolute atomic E-state index is 12.5. The Morgan fingerprint density at radius 2 is 0.539 bits per heavy atom. The first-order valence-corrected chi connectivity index (χ1v) is 34.9. The summed E-state index contributed by atoms with van der Waals surface area (Å²) >= 11 is 0. The van der Waals surface area contributed by atoms with Crippen LogP contribution in [0.1, 0.15) is 386 Å². The highest BCUT2D eigenvalue weighted by Gasteiger charge is 2.18. The minimum absolute atomic E-state index is 0.0574. The summed E-state index contributed by atoms with van der Waals surface area (Å²) in [5.41, 5.74) is 0. The van der Waals surface area contributed by atoms with Crippen molar-refractivity contribution in [1.82, 2.24) is 5.32 Å². The summed E-state index contributed by atoms with van der Waals surface area (Å²) in [5, 5.41) is 23.3. The quantitative estimate of drug-likeness (QED) is 0.0420. The van der Waals surface area contributed by atoms with E-state index in [2.05, 4.69) is 55.6 Å².